The molecule has 0 aliphatic carbocycles. The van der Waals surface area contributed by atoms with Gasteiger partial charge in [-0.1, -0.05) is 6.07 Å². The van der Waals surface area contributed by atoms with Gasteiger partial charge >= 0.3 is 5.97 Å². The van der Waals surface area contributed by atoms with Crippen LogP contribution in [0.3, 0.4) is 0 Å². The van der Waals surface area contributed by atoms with Crippen molar-refractivity contribution in [2.45, 2.75) is 6.42 Å². The van der Waals surface area contributed by atoms with E-state index < -0.39 is 39.8 Å². The smallest absolute Gasteiger partial charge is 0.341 e. The van der Waals surface area contributed by atoms with Crippen molar-refractivity contribution < 1.29 is 23.1 Å². The highest BCUT2D eigenvalue weighted by Crippen LogP contribution is 2.21. The first-order valence-corrected chi connectivity index (χ1v) is 6.88. The van der Waals surface area contributed by atoms with E-state index in [1.54, 1.807) is 0 Å². The topological polar surface area (TPSA) is 70.2 Å². The van der Waals surface area contributed by atoms with E-state index in [9.17, 15) is 22.8 Å². The number of aromatic nitrogens is 1. The first kappa shape index (κ1) is 15.8. The lowest BCUT2D eigenvalue weighted by Gasteiger charge is -2.08. The Bertz CT molecular complexity index is 1010. The molecule has 0 fully saturated rings. The minimum atomic E-state index is -1.48. The summed E-state index contributed by atoms with van der Waals surface area (Å²) in [5.41, 5.74) is -1.48. The van der Waals surface area contributed by atoms with E-state index in [-0.39, 0.29) is 23.1 Å². The Labute approximate surface area is 133 Å². The summed E-state index contributed by atoms with van der Waals surface area (Å²) in [6.45, 7) is 0. The van der Waals surface area contributed by atoms with Crippen LogP contribution in [0, 0.1) is 17.5 Å². The van der Waals surface area contributed by atoms with Gasteiger partial charge in [-0.2, -0.15) is 0 Å². The number of aromatic carboxylic acids is 1. The van der Waals surface area contributed by atoms with Gasteiger partial charge in [-0.3, -0.25) is 4.79 Å². The van der Waals surface area contributed by atoms with Crippen molar-refractivity contribution in [3.05, 3.63) is 80.9 Å². The third-order valence-electron chi connectivity index (χ3n) is 3.67. The second-order valence-electron chi connectivity index (χ2n) is 5.21. The zero-order valence-electron chi connectivity index (χ0n) is 12.1. The lowest BCUT2D eigenvalue weighted by molar-refractivity contribution is 0.0695. The molecule has 0 aliphatic rings. The maximum absolute atomic E-state index is 14.3. The van der Waals surface area contributed by atoms with Gasteiger partial charge < -0.3 is 10.1 Å². The molecule has 0 amide bonds. The molecule has 3 rings (SSSR count). The number of aromatic amines is 1. The van der Waals surface area contributed by atoms with Crippen molar-refractivity contribution in [1.29, 1.82) is 0 Å². The maximum atomic E-state index is 14.3. The van der Waals surface area contributed by atoms with E-state index in [4.69, 9.17) is 5.11 Å². The number of benzene rings is 2. The molecule has 0 aliphatic heterocycles. The fourth-order valence-electron chi connectivity index (χ4n) is 2.52. The van der Waals surface area contributed by atoms with Crippen LogP contribution in [-0.4, -0.2) is 16.1 Å². The van der Waals surface area contributed by atoms with E-state index in [0.717, 1.165) is 24.4 Å². The lowest BCUT2D eigenvalue weighted by atomic mass is 10.0. The lowest BCUT2D eigenvalue weighted by Crippen LogP contribution is -2.16. The van der Waals surface area contributed by atoms with Gasteiger partial charge in [0.1, 0.15) is 23.0 Å². The molecule has 4 nitrogen and oxygen atoms in total. The second kappa shape index (κ2) is 5.84. The molecule has 0 bridgehead atoms. The molecule has 0 saturated carbocycles. The van der Waals surface area contributed by atoms with E-state index in [0.29, 0.717) is 0 Å². The molecule has 24 heavy (non-hydrogen) atoms. The number of carboxylic acid groups (broad SMARTS) is 1. The molecule has 3 aromatic rings. The zero-order chi connectivity index (χ0) is 17.4. The summed E-state index contributed by atoms with van der Waals surface area (Å²) in [7, 11) is 0. The Morgan fingerprint density at radius 1 is 1.08 bits per heavy atom. The number of hydrogen-bond acceptors (Lipinski definition) is 2. The number of carbonyl (C=O) groups is 1. The van der Waals surface area contributed by atoms with Gasteiger partial charge in [-0.15, -0.1) is 0 Å². The molecule has 0 atom stereocenters. The average Bonchev–Trinajstić information content (AvgIpc) is 2.50. The van der Waals surface area contributed by atoms with E-state index >= 15 is 0 Å². The summed E-state index contributed by atoms with van der Waals surface area (Å²) >= 11 is 0. The van der Waals surface area contributed by atoms with Crippen molar-refractivity contribution in [3.63, 3.8) is 0 Å². The second-order valence-corrected chi connectivity index (χ2v) is 5.21. The third-order valence-corrected chi connectivity index (χ3v) is 3.67. The number of hydrogen-bond donors (Lipinski definition) is 2. The number of halogens is 3. The highest BCUT2D eigenvalue weighted by molar-refractivity contribution is 5.92. The first-order valence-electron chi connectivity index (χ1n) is 6.88. The van der Waals surface area contributed by atoms with Crippen LogP contribution in [0.1, 0.15) is 21.5 Å². The quantitative estimate of drug-likeness (QED) is 0.773. The van der Waals surface area contributed by atoms with Crippen LogP contribution in [0.15, 0.2) is 41.3 Å². The average molecular weight is 333 g/mol. The number of fused-ring (bicyclic) bond motifs is 1. The van der Waals surface area contributed by atoms with Crippen LogP contribution in [0.2, 0.25) is 0 Å². The summed E-state index contributed by atoms with van der Waals surface area (Å²) in [6, 6.07) is 5.74. The molecule has 0 saturated heterocycles. The monoisotopic (exact) mass is 333 g/mol. The minimum absolute atomic E-state index is 0.0525. The fourth-order valence-corrected chi connectivity index (χ4v) is 2.52. The Morgan fingerprint density at radius 2 is 1.75 bits per heavy atom. The predicted octanol–water partition coefficient (Wildman–Crippen LogP) is 3.23. The van der Waals surface area contributed by atoms with Crippen molar-refractivity contribution in [2.75, 3.05) is 0 Å². The summed E-state index contributed by atoms with van der Waals surface area (Å²) in [6.07, 6.45) is 0.744. The molecular formula is C17H10F3NO3. The number of pyridine rings is 1. The molecule has 1 heterocycles. The first-order chi connectivity index (χ1) is 11.4. The Morgan fingerprint density at radius 3 is 2.38 bits per heavy atom. The van der Waals surface area contributed by atoms with Crippen LogP contribution in [0.5, 0.6) is 0 Å². The van der Waals surface area contributed by atoms with E-state index in [2.05, 4.69) is 4.98 Å². The van der Waals surface area contributed by atoms with Crippen molar-refractivity contribution in [3.8, 4) is 0 Å². The van der Waals surface area contributed by atoms with Gasteiger partial charge in [0.15, 0.2) is 0 Å². The number of carboxylic acids is 1. The highest BCUT2D eigenvalue weighted by atomic mass is 19.1. The van der Waals surface area contributed by atoms with Gasteiger partial charge in [0.2, 0.25) is 5.43 Å². The van der Waals surface area contributed by atoms with E-state index in [1.165, 1.54) is 12.1 Å². The normalized spacial score (nSPS) is 11.0. The van der Waals surface area contributed by atoms with Gasteiger partial charge in [0.05, 0.1) is 10.9 Å². The molecular weight excluding hydrogens is 323 g/mol. The summed E-state index contributed by atoms with van der Waals surface area (Å²) in [5, 5.41) is 8.49. The van der Waals surface area contributed by atoms with Crippen molar-refractivity contribution >= 4 is 16.9 Å². The number of nitrogens with one attached hydrogen (secondary N) is 1. The molecule has 0 spiro atoms. The van der Waals surface area contributed by atoms with Gasteiger partial charge in [-0.05, 0) is 29.8 Å². The number of H-pyrrole nitrogens is 1. The van der Waals surface area contributed by atoms with E-state index in [1.807, 2.05) is 0 Å². The van der Waals surface area contributed by atoms with Crippen molar-refractivity contribution in [2.24, 2.45) is 0 Å². The Hall–Kier alpha value is -3.09. The van der Waals surface area contributed by atoms with Gasteiger partial charge in [0, 0.05) is 18.2 Å². The van der Waals surface area contributed by atoms with Crippen molar-refractivity contribution in [1.82, 2.24) is 4.98 Å². The zero-order valence-corrected chi connectivity index (χ0v) is 12.1. The molecule has 7 heteroatoms. The summed E-state index contributed by atoms with van der Waals surface area (Å²) in [5.74, 6) is -3.95. The number of rotatable bonds is 3. The molecule has 0 radical (unpaired) electrons. The maximum Gasteiger partial charge on any atom is 0.341 e. The highest BCUT2D eigenvalue weighted by Gasteiger charge is 2.16. The Balaban J connectivity index is 2.14. The Kier molecular flexibility index (Phi) is 3.84. The van der Waals surface area contributed by atoms with Gasteiger partial charge in [-0.25, -0.2) is 18.0 Å². The van der Waals surface area contributed by atoms with Crippen LogP contribution < -0.4 is 5.43 Å². The predicted molar refractivity (Wildman–Crippen MR) is 80.7 cm³/mol. The summed E-state index contributed by atoms with van der Waals surface area (Å²) < 4.78 is 41.7. The molecule has 1 aromatic heterocycles. The fraction of sp³-hybridized carbons (Fsp3) is 0.0588. The SMILES string of the molecule is O=C(O)c1c[nH]c2cc(Cc3c(F)cccc3F)cc(F)c2c1=O. The minimum Gasteiger partial charge on any atom is -0.477 e. The standard InChI is InChI=1S/C17H10F3NO3/c18-11-2-1-3-12(19)9(11)4-8-5-13(20)15-14(6-8)21-7-10(16(15)22)17(23)24/h1-3,5-7H,4H2,(H,21,22)(H,23,24). The molecule has 0 unspecified atom stereocenters. The van der Waals surface area contributed by atoms with Crippen LogP contribution >= 0.6 is 0 Å². The largest absolute Gasteiger partial charge is 0.477 e. The van der Waals surface area contributed by atoms with Crippen LogP contribution in [-0.2, 0) is 6.42 Å². The molecule has 2 N–H and O–H groups in total. The van der Waals surface area contributed by atoms with Gasteiger partial charge in [0.25, 0.3) is 0 Å². The molecule has 2 aromatic carbocycles. The summed E-state index contributed by atoms with van der Waals surface area (Å²) in [4.78, 5) is 25.5. The third kappa shape index (κ3) is 2.64. The van der Waals surface area contributed by atoms with Crippen LogP contribution in [0.25, 0.3) is 10.9 Å². The van der Waals surface area contributed by atoms with Crippen LogP contribution in [0.4, 0.5) is 13.2 Å². The molecule has 122 valence electrons.